The van der Waals surface area contributed by atoms with E-state index in [-0.39, 0.29) is 12.6 Å². The highest BCUT2D eigenvalue weighted by atomic mass is 31.2. The molecular formula is C31H56O6P+. The lowest BCUT2D eigenvalue weighted by molar-refractivity contribution is -0.148. The number of ketones is 2. The second-order valence-corrected chi connectivity index (χ2v) is 14.4. The van der Waals surface area contributed by atoms with Crippen molar-refractivity contribution in [1.29, 1.82) is 0 Å². The molecule has 0 fully saturated rings. The molecule has 6 nitrogen and oxygen atoms in total. The van der Waals surface area contributed by atoms with E-state index < -0.39 is 37.4 Å². The standard InChI is InChI=1S/C31H56O6P/c1-4-7-10-13-16-19-22-38(23-20-17-14-11-8-5-2,24-21-18-15-12-9-6-3)37-31(36)30(35)25-29(34)28(26-32)27-33/h26-28H,4-25H2,1-3H3/q+1. The van der Waals surface area contributed by atoms with Gasteiger partial charge in [-0.25, -0.2) is 4.79 Å². The summed E-state index contributed by atoms with van der Waals surface area (Å²) >= 11 is 0. The topological polar surface area (TPSA) is 94.6 Å². The molecule has 0 rings (SSSR count). The van der Waals surface area contributed by atoms with Crippen LogP contribution in [0, 0.1) is 5.92 Å². The predicted molar refractivity (Wildman–Crippen MR) is 158 cm³/mol. The molecule has 7 heteroatoms. The molecule has 0 heterocycles. The molecule has 38 heavy (non-hydrogen) atoms. The molecule has 0 aliphatic rings. The number of unbranched alkanes of at least 4 members (excludes halogenated alkanes) is 15. The van der Waals surface area contributed by atoms with E-state index in [4.69, 9.17) is 4.52 Å². The van der Waals surface area contributed by atoms with Gasteiger partial charge >= 0.3 is 5.97 Å². The quantitative estimate of drug-likeness (QED) is 0.0318. The van der Waals surface area contributed by atoms with Gasteiger partial charge in [-0.05, 0) is 38.5 Å². The fourth-order valence-electron chi connectivity index (χ4n) is 4.77. The first-order chi connectivity index (χ1) is 18.4. The lowest BCUT2D eigenvalue weighted by Gasteiger charge is -2.25. The van der Waals surface area contributed by atoms with Crippen molar-refractivity contribution in [1.82, 2.24) is 0 Å². The van der Waals surface area contributed by atoms with E-state index in [9.17, 15) is 24.0 Å². The predicted octanol–water partition coefficient (Wildman–Crippen LogP) is 8.09. The second kappa shape index (κ2) is 24.6. The summed E-state index contributed by atoms with van der Waals surface area (Å²) in [4.78, 5) is 59.5. The number of aldehydes is 2. The molecule has 0 bridgehead atoms. The lowest BCUT2D eigenvalue weighted by Crippen LogP contribution is -2.27. The van der Waals surface area contributed by atoms with Gasteiger partial charge in [0.05, 0.1) is 24.9 Å². The summed E-state index contributed by atoms with van der Waals surface area (Å²) in [7, 11) is -2.17. The number of hydrogen-bond donors (Lipinski definition) is 0. The van der Waals surface area contributed by atoms with Gasteiger partial charge in [0.2, 0.25) is 0 Å². The monoisotopic (exact) mass is 555 g/mol. The molecule has 0 radical (unpaired) electrons. The van der Waals surface area contributed by atoms with Gasteiger partial charge in [-0.1, -0.05) is 97.8 Å². The number of Topliss-reactive ketones (excluding diaryl/α,β-unsaturated/α-hetero) is 2. The lowest BCUT2D eigenvalue weighted by atomic mass is 10.0. The zero-order valence-electron chi connectivity index (χ0n) is 24.7. The van der Waals surface area contributed by atoms with Gasteiger partial charge in [0.1, 0.15) is 18.5 Å². The van der Waals surface area contributed by atoms with Crippen LogP contribution in [0.1, 0.15) is 143 Å². The molecule has 0 aromatic heterocycles. The van der Waals surface area contributed by atoms with E-state index >= 15 is 0 Å². The van der Waals surface area contributed by atoms with Gasteiger partial charge in [-0.2, -0.15) is 0 Å². The maximum atomic E-state index is 12.9. The van der Waals surface area contributed by atoms with Crippen molar-refractivity contribution < 1.29 is 28.5 Å². The zero-order chi connectivity index (χ0) is 28.5. The fourth-order valence-corrected chi connectivity index (χ4v) is 8.57. The molecule has 0 amide bonds. The first kappa shape index (κ1) is 36.6. The molecule has 0 aliphatic carbocycles. The summed E-state index contributed by atoms with van der Waals surface area (Å²) in [6, 6.07) is 0. The Labute approximate surface area is 233 Å². The zero-order valence-corrected chi connectivity index (χ0v) is 25.6. The van der Waals surface area contributed by atoms with Crippen LogP contribution < -0.4 is 0 Å². The number of hydrogen-bond acceptors (Lipinski definition) is 6. The summed E-state index contributed by atoms with van der Waals surface area (Å²) in [5.74, 6) is -4.24. The van der Waals surface area contributed by atoms with E-state index in [0.29, 0.717) is 0 Å². The Balaban J connectivity index is 5.43. The van der Waals surface area contributed by atoms with Crippen molar-refractivity contribution in [2.24, 2.45) is 5.92 Å². The van der Waals surface area contributed by atoms with Crippen LogP contribution in [0.4, 0.5) is 0 Å². The first-order valence-electron chi connectivity index (χ1n) is 15.5. The number of carbonyl (C=O) groups excluding carboxylic acids is 5. The summed E-state index contributed by atoms with van der Waals surface area (Å²) in [6.45, 7) is 6.60. The van der Waals surface area contributed by atoms with Crippen LogP contribution in [0.5, 0.6) is 0 Å². The maximum absolute atomic E-state index is 12.9. The van der Waals surface area contributed by atoms with Gasteiger partial charge in [0, 0.05) is 0 Å². The Morgan fingerprint density at radius 1 is 0.579 bits per heavy atom. The minimum absolute atomic E-state index is 0.209. The molecule has 0 saturated carbocycles. The molecule has 0 spiro atoms. The van der Waals surface area contributed by atoms with Crippen LogP contribution in [-0.2, 0) is 28.5 Å². The average molecular weight is 556 g/mol. The normalized spacial score (nSPS) is 11.5. The van der Waals surface area contributed by atoms with Crippen LogP contribution in [-0.4, -0.2) is 48.6 Å². The van der Waals surface area contributed by atoms with Crippen molar-refractivity contribution in [3.63, 3.8) is 0 Å². The van der Waals surface area contributed by atoms with E-state index in [1.807, 2.05) is 0 Å². The molecule has 0 N–H and O–H groups in total. The van der Waals surface area contributed by atoms with Gasteiger partial charge in [-0.3, -0.25) is 9.59 Å². The van der Waals surface area contributed by atoms with Crippen LogP contribution in [0.2, 0.25) is 0 Å². The largest absolute Gasteiger partial charge is 0.416 e. The molecule has 220 valence electrons. The summed E-state index contributed by atoms with van der Waals surface area (Å²) in [5, 5.41) is 0. The third kappa shape index (κ3) is 18.0. The number of carbonyl (C=O) groups is 5. The van der Waals surface area contributed by atoms with E-state index in [1.165, 1.54) is 77.0 Å². The molecule has 0 saturated heterocycles. The highest BCUT2D eigenvalue weighted by molar-refractivity contribution is 7.71. The van der Waals surface area contributed by atoms with Gasteiger partial charge in [0.25, 0.3) is 5.78 Å². The average Bonchev–Trinajstić information content (AvgIpc) is 2.90. The Morgan fingerprint density at radius 3 is 1.26 bits per heavy atom. The molecular weight excluding hydrogens is 499 g/mol. The van der Waals surface area contributed by atoms with Crippen molar-refractivity contribution in [3.8, 4) is 0 Å². The smallest absolute Gasteiger partial charge is 0.305 e. The van der Waals surface area contributed by atoms with Crippen molar-refractivity contribution in [2.75, 3.05) is 18.5 Å². The summed E-state index contributed by atoms with van der Waals surface area (Å²) in [6.07, 6.45) is 22.8. The van der Waals surface area contributed by atoms with Gasteiger partial charge in [-0.15, -0.1) is 0 Å². The summed E-state index contributed by atoms with van der Waals surface area (Å²) < 4.78 is 6.12. The Morgan fingerprint density at radius 2 is 0.921 bits per heavy atom. The summed E-state index contributed by atoms with van der Waals surface area (Å²) in [5.41, 5.74) is 0. The third-order valence-corrected chi connectivity index (χ3v) is 11.2. The molecule has 0 aromatic rings. The van der Waals surface area contributed by atoms with Gasteiger partial charge in [0.15, 0.2) is 13.3 Å². The first-order valence-corrected chi connectivity index (χ1v) is 17.7. The van der Waals surface area contributed by atoms with Crippen LogP contribution in [0.25, 0.3) is 0 Å². The van der Waals surface area contributed by atoms with Crippen LogP contribution >= 0.6 is 7.49 Å². The molecule has 0 unspecified atom stereocenters. The van der Waals surface area contributed by atoms with Gasteiger partial charge < -0.3 is 14.1 Å². The third-order valence-electron chi connectivity index (χ3n) is 7.26. The Hall–Kier alpha value is -1.42. The van der Waals surface area contributed by atoms with E-state index in [2.05, 4.69) is 20.8 Å². The second-order valence-electron chi connectivity index (χ2n) is 10.8. The van der Waals surface area contributed by atoms with Crippen LogP contribution in [0.15, 0.2) is 0 Å². The fraction of sp³-hybridized carbons (Fsp3) is 0.839. The molecule has 0 atom stereocenters. The minimum atomic E-state index is -2.17. The molecule has 0 aliphatic heterocycles. The van der Waals surface area contributed by atoms with Crippen LogP contribution in [0.3, 0.4) is 0 Å². The Bertz CT molecular complexity index is 614. The van der Waals surface area contributed by atoms with E-state index in [0.717, 1.165) is 57.0 Å². The SMILES string of the molecule is CCCCCCCC[P+](CCCCCCCC)(CCCCCCCC)OC(=O)C(=O)CC(=O)C(C=O)C=O. The maximum Gasteiger partial charge on any atom is 0.416 e. The van der Waals surface area contributed by atoms with E-state index in [1.54, 1.807) is 0 Å². The molecule has 0 aromatic carbocycles. The van der Waals surface area contributed by atoms with Crippen molar-refractivity contribution in [3.05, 3.63) is 0 Å². The van der Waals surface area contributed by atoms with Crippen molar-refractivity contribution in [2.45, 2.75) is 143 Å². The van der Waals surface area contributed by atoms with Crippen molar-refractivity contribution >= 4 is 37.6 Å². The highest BCUT2D eigenvalue weighted by Crippen LogP contribution is 2.62. The highest BCUT2D eigenvalue weighted by Gasteiger charge is 2.43. The Kier molecular flexibility index (Phi) is 23.7. The number of rotatable bonds is 28. The minimum Gasteiger partial charge on any atom is -0.305 e.